The Morgan fingerprint density at radius 2 is 2.20 bits per heavy atom. The van der Waals surface area contributed by atoms with E-state index in [-0.39, 0.29) is 0 Å². The van der Waals surface area contributed by atoms with Crippen molar-refractivity contribution in [2.75, 3.05) is 0 Å². The zero-order valence-corrected chi connectivity index (χ0v) is 8.73. The fourth-order valence-corrected chi connectivity index (χ4v) is 1.27. The molecule has 0 aromatic carbocycles. The van der Waals surface area contributed by atoms with Crippen LogP contribution in [0.25, 0.3) is 5.65 Å². The molecule has 0 unspecified atom stereocenters. The summed E-state index contributed by atoms with van der Waals surface area (Å²) in [5, 5.41) is 9.50. The molecule has 0 spiro atoms. The van der Waals surface area contributed by atoms with Crippen molar-refractivity contribution >= 4 is 5.65 Å². The number of pyridine rings is 1. The molecule has 0 radical (unpaired) electrons. The molecule has 0 aliphatic rings. The van der Waals surface area contributed by atoms with Gasteiger partial charge in [-0.25, -0.2) is 4.98 Å². The van der Waals surface area contributed by atoms with Crippen LogP contribution >= 0.6 is 0 Å². The van der Waals surface area contributed by atoms with E-state index in [4.69, 9.17) is 0 Å². The van der Waals surface area contributed by atoms with Crippen molar-refractivity contribution in [3.63, 3.8) is 0 Å². The molecule has 3 heteroatoms. The highest BCUT2D eigenvalue weighted by atomic mass is 16.3. The first-order chi connectivity index (χ1) is 7.06. The SMILES string of the molecule is CC(C)(O)C#Cc1cccc2nccn12. The highest BCUT2D eigenvalue weighted by Crippen LogP contribution is 2.05. The van der Waals surface area contributed by atoms with Gasteiger partial charge in [-0.15, -0.1) is 0 Å². The normalized spacial score (nSPS) is 11.1. The lowest BCUT2D eigenvalue weighted by atomic mass is 10.1. The van der Waals surface area contributed by atoms with Crippen molar-refractivity contribution in [1.82, 2.24) is 9.38 Å². The van der Waals surface area contributed by atoms with E-state index in [2.05, 4.69) is 16.8 Å². The summed E-state index contributed by atoms with van der Waals surface area (Å²) in [7, 11) is 0. The quantitative estimate of drug-likeness (QED) is 0.654. The maximum Gasteiger partial charge on any atom is 0.137 e. The van der Waals surface area contributed by atoms with Gasteiger partial charge in [0.25, 0.3) is 0 Å². The Bertz CT molecular complexity index is 538. The van der Waals surface area contributed by atoms with Gasteiger partial charge in [0.05, 0.1) is 5.69 Å². The van der Waals surface area contributed by atoms with Gasteiger partial charge < -0.3 is 5.11 Å². The first-order valence-corrected chi connectivity index (χ1v) is 4.74. The Morgan fingerprint density at radius 1 is 1.40 bits per heavy atom. The number of aliphatic hydroxyl groups is 1. The molecule has 76 valence electrons. The Hall–Kier alpha value is -1.79. The minimum atomic E-state index is -0.969. The van der Waals surface area contributed by atoms with Crippen LogP contribution in [-0.4, -0.2) is 20.1 Å². The summed E-state index contributed by atoms with van der Waals surface area (Å²) < 4.78 is 1.89. The van der Waals surface area contributed by atoms with E-state index in [0.717, 1.165) is 11.3 Å². The predicted molar refractivity (Wildman–Crippen MR) is 58.4 cm³/mol. The van der Waals surface area contributed by atoms with E-state index in [1.165, 1.54) is 0 Å². The lowest BCUT2D eigenvalue weighted by molar-refractivity contribution is 0.143. The highest BCUT2D eigenvalue weighted by Gasteiger charge is 2.06. The summed E-state index contributed by atoms with van der Waals surface area (Å²) in [6, 6.07) is 5.71. The smallest absolute Gasteiger partial charge is 0.137 e. The summed E-state index contributed by atoms with van der Waals surface area (Å²) in [6.45, 7) is 3.32. The number of nitrogens with zero attached hydrogens (tertiary/aromatic N) is 2. The van der Waals surface area contributed by atoms with E-state index in [0.29, 0.717) is 0 Å². The second-order valence-electron chi connectivity index (χ2n) is 3.88. The third kappa shape index (κ3) is 2.17. The molecule has 0 fully saturated rings. The van der Waals surface area contributed by atoms with E-state index in [9.17, 15) is 5.11 Å². The summed E-state index contributed by atoms with van der Waals surface area (Å²) in [5.41, 5.74) is 0.715. The topological polar surface area (TPSA) is 37.5 Å². The van der Waals surface area contributed by atoms with Gasteiger partial charge in [0.1, 0.15) is 11.2 Å². The molecule has 0 aliphatic heterocycles. The number of rotatable bonds is 0. The average Bonchev–Trinajstić information content (AvgIpc) is 2.61. The van der Waals surface area contributed by atoms with Crippen LogP contribution < -0.4 is 0 Å². The van der Waals surface area contributed by atoms with Crippen LogP contribution in [0.1, 0.15) is 19.5 Å². The zero-order chi connectivity index (χ0) is 10.9. The fourth-order valence-electron chi connectivity index (χ4n) is 1.27. The Labute approximate surface area is 88.4 Å². The number of hydrogen-bond acceptors (Lipinski definition) is 2. The molecule has 2 heterocycles. The highest BCUT2D eigenvalue weighted by molar-refractivity contribution is 5.44. The third-order valence-electron chi connectivity index (χ3n) is 1.92. The number of imidazole rings is 1. The molecular weight excluding hydrogens is 188 g/mol. The molecule has 3 nitrogen and oxygen atoms in total. The van der Waals surface area contributed by atoms with Crippen LogP contribution in [0.15, 0.2) is 30.6 Å². The standard InChI is InChI=1S/C12H12N2O/c1-12(2,15)7-6-10-4-3-5-11-13-8-9-14(10)11/h3-5,8-9,15H,1-2H3. The van der Waals surface area contributed by atoms with Crippen molar-refractivity contribution in [3.8, 4) is 11.8 Å². The molecule has 2 aromatic heterocycles. The molecule has 0 atom stereocenters. The summed E-state index contributed by atoms with van der Waals surface area (Å²) in [4.78, 5) is 4.16. The van der Waals surface area contributed by atoms with E-state index in [1.807, 2.05) is 28.8 Å². The lowest BCUT2D eigenvalue weighted by Crippen LogP contribution is -2.14. The van der Waals surface area contributed by atoms with Gasteiger partial charge in [0.2, 0.25) is 0 Å². The Kier molecular flexibility index (Phi) is 2.22. The van der Waals surface area contributed by atoms with Gasteiger partial charge >= 0.3 is 0 Å². The molecular formula is C12H12N2O. The Morgan fingerprint density at radius 3 is 2.93 bits per heavy atom. The van der Waals surface area contributed by atoms with Crippen molar-refractivity contribution in [2.24, 2.45) is 0 Å². The van der Waals surface area contributed by atoms with Gasteiger partial charge in [-0.3, -0.25) is 4.40 Å². The molecule has 15 heavy (non-hydrogen) atoms. The molecule has 1 N–H and O–H groups in total. The van der Waals surface area contributed by atoms with Crippen LogP contribution in [-0.2, 0) is 0 Å². The molecule has 0 saturated heterocycles. The maximum absolute atomic E-state index is 9.50. The average molecular weight is 200 g/mol. The van der Waals surface area contributed by atoms with Crippen LogP contribution in [0, 0.1) is 11.8 Å². The van der Waals surface area contributed by atoms with Crippen LogP contribution in [0.2, 0.25) is 0 Å². The second kappa shape index (κ2) is 3.41. The molecule has 2 aromatic rings. The van der Waals surface area contributed by atoms with E-state index < -0.39 is 5.60 Å². The van der Waals surface area contributed by atoms with Crippen molar-refractivity contribution in [3.05, 3.63) is 36.3 Å². The molecule has 0 aliphatic carbocycles. The van der Waals surface area contributed by atoms with E-state index in [1.54, 1.807) is 20.0 Å². The number of aromatic nitrogens is 2. The minimum Gasteiger partial charge on any atom is -0.378 e. The predicted octanol–water partition coefficient (Wildman–Crippen LogP) is 1.46. The van der Waals surface area contributed by atoms with Crippen LogP contribution in [0.4, 0.5) is 0 Å². The summed E-state index contributed by atoms with van der Waals surface area (Å²) >= 11 is 0. The third-order valence-corrected chi connectivity index (χ3v) is 1.92. The molecule has 0 saturated carbocycles. The van der Waals surface area contributed by atoms with Crippen molar-refractivity contribution < 1.29 is 5.11 Å². The van der Waals surface area contributed by atoms with Crippen molar-refractivity contribution in [1.29, 1.82) is 0 Å². The Balaban J connectivity index is 2.51. The molecule has 0 amide bonds. The van der Waals surface area contributed by atoms with Gasteiger partial charge in [0.15, 0.2) is 0 Å². The van der Waals surface area contributed by atoms with Crippen LogP contribution in [0.5, 0.6) is 0 Å². The van der Waals surface area contributed by atoms with E-state index >= 15 is 0 Å². The van der Waals surface area contributed by atoms with Gasteiger partial charge in [-0.05, 0) is 31.9 Å². The number of fused-ring (bicyclic) bond motifs is 1. The minimum absolute atomic E-state index is 0.826. The first kappa shape index (κ1) is 9.75. The van der Waals surface area contributed by atoms with Gasteiger partial charge in [-0.1, -0.05) is 12.0 Å². The van der Waals surface area contributed by atoms with Crippen molar-refractivity contribution in [2.45, 2.75) is 19.4 Å². The second-order valence-corrected chi connectivity index (χ2v) is 3.88. The monoisotopic (exact) mass is 200 g/mol. The van der Waals surface area contributed by atoms with Gasteiger partial charge in [0, 0.05) is 12.4 Å². The molecule has 2 rings (SSSR count). The van der Waals surface area contributed by atoms with Gasteiger partial charge in [-0.2, -0.15) is 0 Å². The summed E-state index contributed by atoms with van der Waals surface area (Å²) in [6.07, 6.45) is 3.58. The van der Waals surface area contributed by atoms with Crippen LogP contribution in [0.3, 0.4) is 0 Å². The largest absolute Gasteiger partial charge is 0.378 e. The lowest BCUT2D eigenvalue weighted by Gasteiger charge is -2.06. The summed E-state index contributed by atoms with van der Waals surface area (Å²) in [5.74, 6) is 5.71. The molecule has 0 bridgehead atoms. The number of hydrogen-bond donors (Lipinski definition) is 1. The maximum atomic E-state index is 9.50. The fraction of sp³-hybridized carbons (Fsp3) is 0.250. The first-order valence-electron chi connectivity index (χ1n) is 4.74. The zero-order valence-electron chi connectivity index (χ0n) is 8.73.